The third-order valence-electron chi connectivity index (χ3n) is 4.17. The summed E-state index contributed by atoms with van der Waals surface area (Å²) in [6.07, 6.45) is 1.61. The summed E-state index contributed by atoms with van der Waals surface area (Å²) in [6.45, 7) is 4.58. The van der Waals surface area contributed by atoms with Gasteiger partial charge in [0.05, 0.1) is 23.1 Å². The van der Waals surface area contributed by atoms with Crippen LogP contribution in [0, 0.1) is 6.92 Å². The molecule has 3 aromatic rings. The highest BCUT2D eigenvalue weighted by atomic mass is 35.5. The van der Waals surface area contributed by atoms with Gasteiger partial charge in [-0.1, -0.05) is 29.8 Å². The maximum absolute atomic E-state index is 12.8. The summed E-state index contributed by atoms with van der Waals surface area (Å²) < 4.78 is 1.79. The molecule has 0 atom stereocenters. The van der Waals surface area contributed by atoms with Gasteiger partial charge >= 0.3 is 0 Å². The average Bonchev–Trinajstić information content (AvgIpc) is 3.01. The minimum atomic E-state index is -0.346. The fraction of sp³-hybridized carbons (Fsp3) is 0.150. The van der Waals surface area contributed by atoms with Crippen molar-refractivity contribution in [3.05, 3.63) is 82.1 Å². The summed E-state index contributed by atoms with van der Waals surface area (Å²) in [7, 11) is 0. The lowest BCUT2D eigenvalue weighted by Gasteiger charge is -2.10. The van der Waals surface area contributed by atoms with Gasteiger partial charge in [-0.05, 0) is 44.2 Å². The Morgan fingerprint density at radius 1 is 1.08 bits per heavy atom. The second kappa shape index (κ2) is 7.54. The first-order valence-corrected chi connectivity index (χ1v) is 8.62. The molecular weight excluding hydrogens is 350 g/mol. The summed E-state index contributed by atoms with van der Waals surface area (Å²) in [5.41, 5.74) is 2.63. The van der Waals surface area contributed by atoms with Crippen LogP contribution in [0.1, 0.15) is 38.9 Å². The smallest absolute Gasteiger partial charge is 0.256 e. The molecule has 2 aromatic carbocycles. The molecule has 0 saturated carbocycles. The van der Waals surface area contributed by atoms with Crippen molar-refractivity contribution in [1.29, 1.82) is 0 Å². The van der Waals surface area contributed by atoms with Gasteiger partial charge in [0.1, 0.15) is 0 Å². The topological polar surface area (TPSA) is 64.0 Å². The zero-order valence-corrected chi connectivity index (χ0v) is 15.2. The van der Waals surface area contributed by atoms with E-state index in [0.29, 0.717) is 33.9 Å². The molecule has 3 rings (SSSR count). The molecule has 0 unspecified atom stereocenters. The van der Waals surface area contributed by atoms with E-state index in [2.05, 4.69) is 10.4 Å². The largest absolute Gasteiger partial charge is 0.319 e. The van der Waals surface area contributed by atoms with Gasteiger partial charge in [-0.2, -0.15) is 5.10 Å². The fourth-order valence-corrected chi connectivity index (χ4v) is 2.84. The summed E-state index contributed by atoms with van der Waals surface area (Å²) in [6, 6.07) is 13.4. The Morgan fingerprint density at radius 3 is 2.35 bits per heavy atom. The van der Waals surface area contributed by atoms with Gasteiger partial charge in [-0.25, -0.2) is 0 Å². The predicted molar refractivity (Wildman–Crippen MR) is 102 cm³/mol. The van der Waals surface area contributed by atoms with Crippen LogP contribution in [0.4, 0.5) is 5.69 Å². The van der Waals surface area contributed by atoms with Crippen molar-refractivity contribution in [2.45, 2.75) is 20.4 Å². The SMILES string of the molecule is CCn1ncc(NC(=O)c2ccccc2C(=O)c2ccc(Cl)cc2)c1C. The van der Waals surface area contributed by atoms with Crippen LogP contribution in [0.15, 0.2) is 54.7 Å². The van der Waals surface area contributed by atoms with E-state index in [0.717, 1.165) is 5.69 Å². The molecule has 0 bridgehead atoms. The van der Waals surface area contributed by atoms with E-state index in [4.69, 9.17) is 11.6 Å². The minimum absolute atomic E-state index is 0.228. The van der Waals surface area contributed by atoms with Crippen molar-refractivity contribution in [2.75, 3.05) is 5.32 Å². The highest BCUT2D eigenvalue weighted by Gasteiger charge is 2.19. The van der Waals surface area contributed by atoms with E-state index in [9.17, 15) is 9.59 Å². The number of amides is 1. The Morgan fingerprint density at radius 2 is 1.73 bits per heavy atom. The zero-order valence-electron chi connectivity index (χ0n) is 14.5. The maximum atomic E-state index is 12.8. The van der Waals surface area contributed by atoms with E-state index in [1.54, 1.807) is 59.4 Å². The number of halogens is 1. The van der Waals surface area contributed by atoms with Crippen molar-refractivity contribution < 1.29 is 9.59 Å². The van der Waals surface area contributed by atoms with Gasteiger partial charge < -0.3 is 5.32 Å². The molecule has 1 heterocycles. The molecule has 0 saturated heterocycles. The van der Waals surface area contributed by atoms with E-state index in [1.165, 1.54) is 0 Å². The number of hydrogen-bond acceptors (Lipinski definition) is 3. The van der Waals surface area contributed by atoms with Crippen LogP contribution in [-0.2, 0) is 6.54 Å². The number of rotatable bonds is 5. The first-order chi connectivity index (χ1) is 12.5. The Kier molecular flexibility index (Phi) is 5.19. The number of hydrogen-bond donors (Lipinski definition) is 1. The number of carbonyl (C=O) groups excluding carboxylic acids is 2. The number of ketones is 1. The van der Waals surface area contributed by atoms with E-state index < -0.39 is 0 Å². The molecule has 0 spiro atoms. The molecule has 1 amide bonds. The Labute approximate surface area is 156 Å². The maximum Gasteiger partial charge on any atom is 0.256 e. The number of aromatic nitrogens is 2. The van der Waals surface area contributed by atoms with Crippen LogP contribution < -0.4 is 5.32 Å². The molecule has 0 aliphatic heterocycles. The van der Waals surface area contributed by atoms with E-state index >= 15 is 0 Å². The number of benzene rings is 2. The summed E-state index contributed by atoms with van der Waals surface area (Å²) in [5, 5.41) is 7.61. The molecular formula is C20H18ClN3O2. The Bertz CT molecular complexity index is 961. The van der Waals surface area contributed by atoms with E-state index in [-0.39, 0.29) is 11.7 Å². The van der Waals surface area contributed by atoms with Crippen LogP contribution in [0.2, 0.25) is 5.02 Å². The van der Waals surface area contributed by atoms with Gasteiger partial charge in [0.25, 0.3) is 5.91 Å². The lowest BCUT2D eigenvalue weighted by atomic mass is 9.98. The molecule has 5 nitrogen and oxygen atoms in total. The third kappa shape index (κ3) is 3.53. The van der Waals surface area contributed by atoms with E-state index in [1.807, 2.05) is 13.8 Å². The first kappa shape index (κ1) is 17.9. The molecule has 1 aromatic heterocycles. The molecule has 6 heteroatoms. The molecule has 0 fully saturated rings. The molecule has 1 N–H and O–H groups in total. The molecule has 132 valence electrons. The summed E-state index contributed by atoms with van der Waals surface area (Å²) in [4.78, 5) is 25.6. The van der Waals surface area contributed by atoms with Crippen molar-refractivity contribution in [3.63, 3.8) is 0 Å². The number of aryl methyl sites for hydroxylation is 1. The van der Waals surface area contributed by atoms with Crippen LogP contribution in [0.5, 0.6) is 0 Å². The number of carbonyl (C=O) groups is 2. The monoisotopic (exact) mass is 367 g/mol. The normalized spacial score (nSPS) is 10.6. The second-order valence-corrected chi connectivity index (χ2v) is 6.23. The van der Waals surface area contributed by atoms with Crippen LogP contribution in [0.25, 0.3) is 0 Å². The highest BCUT2D eigenvalue weighted by Crippen LogP contribution is 2.20. The first-order valence-electron chi connectivity index (χ1n) is 8.24. The number of nitrogens with one attached hydrogen (secondary N) is 1. The Balaban J connectivity index is 1.91. The van der Waals surface area contributed by atoms with Crippen LogP contribution >= 0.6 is 11.6 Å². The lowest BCUT2D eigenvalue weighted by Crippen LogP contribution is -2.17. The molecule has 0 aliphatic rings. The molecule has 0 aliphatic carbocycles. The summed E-state index contributed by atoms with van der Waals surface area (Å²) in [5.74, 6) is -0.574. The van der Waals surface area contributed by atoms with Crippen molar-refractivity contribution >= 4 is 29.0 Å². The number of anilines is 1. The van der Waals surface area contributed by atoms with Crippen molar-refractivity contribution in [3.8, 4) is 0 Å². The average molecular weight is 368 g/mol. The van der Waals surface area contributed by atoms with Crippen molar-refractivity contribution in [1.82, 2.24) is 9.78 Å². The summed E-state index contributed by atoms with van der Waals surface area (Å²) >= 11 is 5.88. The van der Waals surface area contributed by atoms with Gasteiger partial charge in [-0.15, -0.1) is 0 Å². The molecule has 0 radical (unpaired) electrons. The standard InChI is InChI=1S/C20H18ClN3O2/c1-3-24-13(2)18(12-22-24)23-20(26)17-7-5-4-6-16(17)19(25)14-8-10-15(21)11-9-14/h4-12H,3H2,1-2H3,(H,23,26). The minimum Gasteiger partial charge on any atom is -0.319 e. The van der Waals surface area contributed by atoms with Gasteiger partial charge in [0, 0.05) is 22.7 Å². The second-order valence-electron chi connectivity index (χ2n) is 5.80. The van der Waals surface area contributed by atoms with Gasteiger partial charge in [0.15, 0.2) is 5.78 Å². The third-order valence-corrected chi connectivity index (χ3v) is 4.43. The molecule has 26 heavy (non-hydrogen) atoms. The van der Waals surface area contributed by atoms with Crippen molar-refractivity contribution in [2.24, 2.45) is 0 Å². The van der Waals surface area contributed by atoms with Gasteiger partial charge in [-0.3, -0.25) is 14.3 Å². The predicted octanol–water partition coefficient (Wildman–Crippen LogP) is 4.35. The van der Waals surface area contributed by atoms with Gasteiger partial charge in [0.2, 0.25) is 0 Å². The van der Waals surface area contributed by atoms with Crippen LogP contribution in [-0.4, -0.2) is 21.5 Å². The number of nitrogens with zero attached hydrogens (tertiary/aromatic N) is 2. The highest BCUT2D eigenvalue weighted by molar-refractivity contribution is 6.30. The zero-order chi connectivity index (χ0) is 18.7. The quantitative estimate of drug-likeness (QED) is 0.682. The van der Waals surface area contributed by atoms with Crippen LogP contribution in [0.3, 0.4) is 0 Å². The fourth-order valence-electron chi connectivity index (χ4n) is 2.71. The Hall–Kier alpha value is -2.92. The lowest BCUT2D eigenvalue weighted by molar-refractivity contribution is 0.0996.